The third-order valence-corrected chi connectivity index (χ3v) is 3.90. The number of pyridine rings is 1. The second-order valence-corrected chi connectivity index (χ2v) is 5.71. The zero-order valence-corrected chi connectivity index (χ0v) is 16.1. The van der Waals surface area contributed by atoms with Crippen LogP contribution in [0.2, 0.25) is 0 Å². The van der Waals surface area contributed by atoms with E-state index < -0.39 is 0 Å². The minimum Gasteiger partial charge on any atom is -0.497 e. The second-order valence-electron chi connectivity index (χ2n) is 5.71. The number of carbonyl (C=O) groups is 1. The smallest absolute Gasteiger partial charge is 0.225 e. The van der Waals surface area contributed by atoms with Crippen LogP contribution in [0, 0.1) is 0 Å². The van der Waals surface area contributed by atoms with Gasteiger partial charge < -0.3 is 20.1 Å². The number of benzene rings is 1. The first-order valence-electron chi connectivity index (χ1n) is 8.04. The molecule has 1 fully saturated rings. The second kappa shape index (κ2) is 10.9. The van der Waals surface area contributed by atoms with Gasteiger partial charge in [-0.3, -0.25) is 4.79 Å². The van der Waals surface area contributed by atoms with Gasteiger partial charge in [-0.05, 0) is 49.7 Å². The minimum atomic E-state index is 0. The van der Waals surface area contributed by atoms with E-state index in [9.17, 15) is 4.79 Å². The molecule has 1 aromatic carbocycles. The standard InChI is InChI=1S/C18H21N3O3.2ClH/c1-23-15-5-7-16(8-6-15)24-18-9-4-14(12-20-18)21-17(22)11-13-3-2-10-19-13;;/h4-9,12-13,19H,2-3,10-11H2,1H3,(H,21,22);2*1H. The fourth-order valence-electron chi connectivity index (χ4n) is 2.65. The normalized spacial score (nSPS) is 15.3. The van der Waals surface area contributed by atoms with Crippen molar-refractivity contribution in [3.63, 3.8) is 0 Å². The molecule has 0 saturated carbocycles. The third kappa shape index (κ3) is 6.37. The first-order chi connectivity index (χ1) is 11.7. The molecule has 1 amide bonds. The quantitative estimate of drug-likeness (QED) is 0.772. The predicted molar refractivity (Wildman–Crippen MR) is 106 cm³/mol. The van der Waals surface area contributed by atoms with Gasteiger partial charge in [0.25, 0.3) is 0 Å². The molecule has 26 heavy (non-hydrogen) atoms. The number of methoxy groups -OCH3 is 1. The number of ether oxygens (including phenoxy) is 2. The van der Waals surface area contributed by atoms with E-state index in [-0.39, 0.29) is 36.8 Å². The predicted octanol–water partition coefficient (Wildman–Crippen LogP) is 3.81. The maximum atomic E-state index is 12.0. The van der Waals surface area contributed by atoms with Crippen LogP contribution < -0.4 is 20.1 Å². The van der Waals surface area contributed by atoms with Crippen LogP contribution in [0.3, 0.4) is 0 Å². The Morgan fingerprint density at radius 1 is 1.19 bits per heavy atom. The highest BCUT2D eigenvalue weighted by Gasteiger charge is 2.17. The first-order valence-corrected chi connectivity index (χ1v) is 8.04. The molecule has 3 rings (SSSR count). The number of rotatable bonds is 6. The zero-order valence-electron chi connectivity index (χ0n) is 14.4. The van der Waals surface area contributed by atoms with Crippen LogP contribution in [0.15, 0.2) is 42.6 Å². The van der Waals surface area contributed by atoms with Gasteiger partial charge in [0.15, 0.2) is 0 Å². The van der Waals surface area contributed by atoms with E-state index in [1.54, 1.807) is 25.4 Å². The van der Waals surface area contributed by atoms with E-state index in [4.69, 9.17) is 9.47 Å². The summed E-state index contributed by atoms with van der Waals surface area (Å²) < 4.78 is 10.8. The fourth-order valence-corrected chi connectivity index (χ4v) is 2.65. The van der Waals surface area contributed by atoms with Crippen LogP contribution in [0.1, 0.15) is 19.3 Å². The van der Waals surface area contributed by atoms with E-state index in [1.807, 2.05) is 24.3 Å². The lowest BCUT2D eigenvalue weighted by Crippen LogP contribution is -2.27. The average molecular weight is 400 g/mol. The van der Waals surface area contributed by atoms with Crippen molar-refractivity contribution in [2.24, 2.45) is 0 Å². The highest BCUT2D eigenvalue weighted by molar-refractivity contribution is 5.90. The number of hydrogen-bond acceptors (Lipinski definition) is 5. The summed E-state index contributed by atoms with van der Waals surface area (Å²) in [6.07, 6.45) is 4.28. The summed E-state index contributed by atoms with van der Waals surface area (Å²) in [6.45, 7) is 0.997. The molecule has 1 aliphatic rings. The Labute approximate surface area is 165 Å². The molecule has 1 unspecified atom stereocenters. The SMILES string of the molecule is COc1ccc(Oc2ccc(NC(=O)CC3CCCN3)cn2)cc1.Cl.Cl. The van der Waals surface area contributed by atoms with Crippen molar-refractivity contribution in [2.45, 2.75) is 25.3 Å². The van der Waals surface area contributed by atoms with Gasteiger partial charge in [0.05, 0.1) is 19.0 Å². The van der Waals surface area contributed by atoms with Crippen molar-refractivity contribution in [1.29, 1.82) is 0 Å². The Morgan fingerprint density at radius 3 is 2.50 bits per heavy atom. The van der Waals surface area contributed by atoms with Crippen LogP contribution in [0.5, 0.6) is 17.4 Å². The number of anilines is 1. The molecule has 2 heterocycles. The van der Waals surface area contributed by atoms with Gasteiger partial charge in [-0.25, -0.2) is 4.98 Å². The Morgan fingerprint density at radius 2 is 1.92 bits per heavy atom. The maximum absolute atomic E-state index is 12.0. The Balaban J connectivity index is 0.00000169. The number of amides is 1. The number of nitrogens with zero attached hydrogens (tertiary/aromatic N) is 1. The summed E-state index contributed by atoms with van der Waals surface area (Å²) >= 11 is 0. The third-order valence-electron chi connectivity index (χ3n) is 3.90. The minimum absolute atomic E-state index is 0. The summed E-state index contributed by atoms with van der Waals surface area (Å²) in [7, 11) is 1.62. The monoisotopic (exact) mass is 399 g/mol. The van der Waals surface area contributed by atoms with Gasteiger partial charge in [-0.15, -0.1) is 24.8 Å². The molecular formula is C18H23Cl2N3O3. The number of carbonyl (C=O) groups excluding carboxylic acids is 1. The van der Waals surface area contributed by atoms with Gasteiger partial charge in [0, 0.05) is 18.5 Å². The molecule has 1 aromatic heterocycles. The van der Waals surface area contributed by atoms with Crippen LogP contribution in [0.25, 0.3) is 0 Å². The van der Waals surface area contributed by atoms with Gasteiger partial charge in [0.1, 0.15) is 11.5 Å². The molecule has 1 aliphatic heterocycles. The van der Waals surface area contributed by atoms with E-state index >= 15 is 0 Å². The van der Waals surface area contributed by atoms with Crippen molar-refractivity contribution in [3.8, 4) is 17.4 Å². The van der Waals surface area contributed by atoms with Crippen LogP contribution in [-0.2, 0) is 4.79 Å². The van der Waals surface area contributed by atoms with Crippen molar-refractivity contribution in [2.75, 3.05) is 19.0 Å². The van der Waals surface area contributed by atoms with Crippen molar-refractivity contribution < 1.29 is 14.3 Å². The van der Waals surface area contributed by atoms with E-state index in [0.717, 1.165) is 25.1 Å². The van der Waals surface area contributed by atoms with Crippen LogP contribution >= 0.6 is 24.8 Å². The molecule has 0 spiro atoms. The highest BCUT2D eigenvalue weighted by Crippen LogP contribution is 2.23. The lowest BCUT2D eigenvalue weighted by molar-refractivity contribution is -0.116. The fraction of sp³-hybridized carbons (Fsp3) is 0.333. The molecule has 2 aromatic rings. The lowest BCUT2D eigenvalue weighted by atomic mass is 10.1. The molecule has 6 nitrogen and oxygen atoms in total. The van der Waals surface area contributed by atoms with E-state index in [1.165, 1.54) is 0 Å². The maximum Gasteiger partial charge on any atom is 0.225 e. The van der Waals surface area contributed by atoms with Crippen LogP contribution in [-0.4, -0.2) is 30.6 Å². The zero-order chi connectivity index (χ0) is 16.8. The number of aromatic nitrogens is 1. The molecular weight excluding hydrogens is 377 g/mol. The van der Waals surface area contributed by atoms with Crippen molar-refractivity contribution in [1.82, 2.24) is 10.3 Å². The summed E-state index contributed by atoms with van der Waals surface area (Å²) in [4.78, 5) is 16.2. The largest absolute Gasteiger partial charge is 0.497 e. The first kappa shape index (κ1) is 22.0. The molecule has 0 bridgehead atoms. The number of hydrogen-bond donors (Lipinski definition) is 2. The molecule has 1 atom stereocenters. The average Bonchev–Trinajstić information content (AvgIpc) is 3.10. The number of halogens is 2. The van der Waals surface area contributed by atoms with Gasteiger partial charge in [-0.1, -0.05) is 0 Å². The molecule has 0 aliphatic carbocycles. The van der Waals surface area contributed by atoms with Gasteiger partial charge >= 0.3 is 0 Å². The molecule has 142 valence electrons. The molecule has 8 heteroatoms. The van der Waals surface area contributed by atoms with Crippen molar-refractivity contribution in [3.05, 3.63) is 42.6 Å². The van der Waals surface area contributed by atoms with Gasteiger partial charge in [-0.2, -0.15) is 0 Å². The summed E-state index contributed by atoms with van der Waals surface area (Å²) in [5, 5.41) is 6.17. The molecule has 1 saturated heterocycles. The van der Waals surface area contributed by atoms with Crippen LogP contribution in [0.4, 0.5) is 5.69 Å². The van der Waals surface area contributed by atoms with Crippen molar-refractivity contribution >= 4 is 36.4 Å². The Hall–Kier alpha value is -2.02. The number of nitrogens with one attached hydrogen (secondary N) is 2. The van der Waals surface area contributed by atoms with E-state index in [2.05, 4.69) is 15.6 Å². The summed E-state index contributed by atoms with van der Waals surface area (Å²) in [6, 6.07) is 11.1. The topological polar surface area (TPSA) is 72.5 Å². The summed E-state index contributed by atoms with van der Waals surface area (Å²) in [5.74, 6) is 1.91. The van der Waals surface area contributed by atoms with Gasteiger partial charge in [0.2, 0.25) is 11.8 Å². The molecule has 2 N–H and O–H groups in total. The van der Waals surface area contributed by atoms with E-state index in [0.29, 0.717) is 23.7 Å². The molecule has 0 radical (unpaired) electrons. The summed E-state index contributed by atoms with van der Waals surface area (Å²) in [5.41, 5.74) is 0.667. The Kier molecular flexibility index (Phi) is 9.19. The highest BCUT2D eigenvalue weighted by atomic mass is 35.5. The lowest BCUT2D eigenvalue weighted by Gasteiger charge is -2.11. The Bertz CT molecular complexity index is 675.